The number of methoxy groups -OCH3 is 1. The Hall–Kier alpha value is -1.05. The fraction of sp³-hybridized carbons (Fsp3) is 0.737. The first-order valence-electron chi connectivity index (χ1n) is 8.71. The molecule has 2 nitrogen and oxygen atoms in total. The van der Waals surface area contributed by atoms with Crippen LogP contribution in [0, 0.1) is 5.92 Å². The first-order valence-corrected chi connectivity index (χ1v) is 8.71. The third-order valence-electron chi connectivity index (χ3n) is 4.30. The molecule has 1 aliphatic carbocycles. The zero-order valence-corrected chi connectivity index (χ0v) is 13.9. The largest absolute Gasteiger partial charge is 0.469 e. The summed E-state index contributed by atoms with van der Waals surface area (Å²) in [6.07, 6.45) is 19.7. The highest BCUT2D eigenvalue weighted by atomic mass is 16.5. The van der Waals surface area contributed by atoms with E-state index in [0.717, 1.165) is 25.7 Å². The molecule has 2 heteroatoms. The topological polar surface area (TPSA) is 26.3 Å². The van der Waals surface area contributed by atoms with Crippen LogP contribution >= 0.6 is 0 Å². The normalized spacial score (nSPS) is 22.2. The van der Waals surface area contributed by atoms with E-state index in [2.05, 4.69) is 25.2 Å². The average molecular weight is 292 g/mol. The number of esters is 1. The van der Waals surface area contributed by atoms with Gasteiger partial charge in [0, 0.05) is 0 Å². The molecule has 1 fully saturated rings. The van der Waals surface area contributed by atoms with Crippen molar-refractivity contribution >= 4 is 5.97 Å². The van der Waals surface area contributed by atoms with Crippen LogP contribution in [0.2, 0.25) is 0 Å². The molecular weight excluding hydrogens is 260 g/mol. The van der Waals surface area contributed by atoms with Gasteiger partial charge in [-0.3, -0.25) is 4.79 Å². The van der Waals surface area contributed by atoms with E-state index >= 15 is 0 Å². The van der Waals surface area contributed by atoms with Gasteiger partial charge in [-0.05, 0) is 38.5 Å². The first kappa shape index (κ1) is 18.0. The number of ether oxygens (including phenoxy) is 1. The Morgan fingerprint density at radius 3 is 2.76 bits per heavy atom. The minimum atomic E-state index is -0.0462. The summed E-state index contributed by atoms with van der Waals surface area (Å²) in [5.74, 6) is -0.0427. The molecule has 1 atom stereocenters. The van der Waals surface area contributed by atoms with Crippen LogP contribution in [0.4, 0.5) is 0 Å². The van der Waals surface area contributed by atoms with Gasteiger partial charge in [0.25, 0.3) is 0 Å². The molecule has 0 amide bonds. The van der Waals surface area contributed by atoms with Gasteiger partial charge in [0.2, 0.25) is 0 Å². The number of carbonyl (C=O) groups excluding carboxylic acids is 1. The minimum absolute atomic E-state index is 0.00351. The fourth-order valence-corrected chi connectivity index (χ4v) is 2.99. The summed E-state index contributed by atoms with van der Waals surface area (Å²) in [4.78, 5) is 12.0. The molecule has 0 heterocycles. The molecule has 0 N–H and O–H groups in total. The number of hydrogen-bond donors (Lipinski definition) is 0. The molecule has 1 rings (SSSR count). The molecule has 0 bridgehead atoms. The van der Waals surface area contributed by atoms with Gasteiger partial charge >= 0.3 is 5.97 Å². The molecule has 0 aromatic heterocycles. The van der Waals surface area contributed by atoms with Crippen molar-refractivity contribution in [3.8, 4) is 0 Å². The second-order valence-corrected chi connectivity index (χ2v) is 6.01. The van der Waals surface area contributed by atoms with E-state index in [1.165, 1.54) is 57.6 Å². The Labute approximate surface area is 130 Å². The lowest BCUT2D eigenvalue weighted by molar-refractivity contribution is -0.144. The van der Waals surface area contributed by atoms with E-state index in [1.54, 1.807) is 0 Å². The van der Waals surface area contributed by atoms with Crippen LogP contribution < -0.4 is 0 Å². The lowest BCUT2D eigenvalue weighted by Gasteiger charge is -2.21. The standard InChI is InChI=1S/C19H32O2/c1-3-4-5-6-7-8-11-14-17-15-12-9-10-13-16-18(17)19(20)21-2/h7-8,14,18H,3-6,9-13,15-16H2,1-2H3. The second-order valence-electron chi connectivity index (χ2n) is 6.01. The van der Waals surface area contributed by atoms with Crippen LogP contribution in [-0.2, 0) is 9.53 Å². The molecule has 120 valence electrons. The lowest BCUT2D eigenvalue weighted by atomic mass is 9.86. The lowest BCUT2D eigenvalue weighted by Crippen LogP contribution is -2.20. The molecule has 0 aliphatic heterocycles. The predicted octanol–water partition coefficient (Wildman–Crippen LogP) is 5.58. The molecule has 21 heavy (non-hydrogen) atoms. The number of rotatable bonds is 7. The van der Waals surface area contributed by atoms with Gasteiger partial charge in [0.05, 0.1) is 13.0 Å². The Morgan fingerprint density at radius 2 is 2.00 bits per heavy atom. The average Bonchev–Trinajstić information content (AvgIpc) is 2.47. The molecular formula is C19H32O2. The van der Waals surface area contributed by atoms with Crippen molar-refractivity contribution in [3.05, 3.63) is 23.8 Å². The van der Waals surface area contributed by atoms with Crippen molar-refractivity contribution < 1.29 is 9.53 Å². The minimum Gasteiger partial charge on any atom is -0.469 e. The van der Waals surface area contributed by atoms with Crippen LogP contribution in [-0.4, -0.2) is 13.1 Å². The van der Waals surface area contributed by atoms with E-state index in [-0.39, 0.29) is 11.9 Å². The maximum absolute atomic E-state index is 12.0. The van der Waals surface area contributed by atoms with Crippen molar-refractivity contribution in [3.63, 3.8) is 0 Å². The summed E-state index contributed by atoms with van der Waals surface area (Å²) in [6, 6.07) is 0. The molecule has 1 unspecified atom stereocenters. The Kier molecular flexibility index (Phi) is 9.94. The monoisotopic (exact) mass is 292 g/mol. The van der Waals surface area contributed by atoms with Crippen molar-refractivity contribution in [2.75, 3.05) is 7.11 Å². The smallest absolute Gasteiger partial charge is 0.312 e. The van der Waals surface area contributed by atoms with Gasteiger partial charge < -0.3 is 4.74 Å². The SMILES string of the molecule is CCCCCC=CCC=C1CCCCCCC1C(=O)OC. The third kappa shape index (κ3) is 7.50. The van der Waals surface area contributed by atoms with Crippen LogP contribution in [0.5, 0.6) is 0 Å². The van der Waals surface area contributed by atoms with Gasteiger partial charge in [-0.1, -0.05) is 62.8 Å². The number of hydrogen-bond acceptors (Lipinski definition) is 2. The van der Waals surface area contributed by atoms with E-state index < -0.39 is 0 Å². The van der Waals surface area contributed by atoms with Gasteiger partial charge in [0.1, 0.15) is 0 Å². The van der Waals surface area contributed by atoms with Crippen molar-refractivity contribution in [2.45, 2.75) is 77.6 Å². The molecule has 0 aromatic rings. The van der Waals surface area contributed by atoms with Crippen molar-refractivity contribution in [1.82, 2.24) is 0 Å². The van der Waals surface area contributed by atoms with Crippen LogP contribution in [0.25, 0.3) is 0 Å². The van der Waals surface area contributed by atoms with E-state index in [0.29, 0.717) is 0 Å². The summed E-state index contributed by atoms with van der Waals surface area (Å²) < 4.78 is 4.99. The summed E-state index contributed by atoms with van der Waals surface area (Å²) in [6.45, 7) is 2.23. The number of allylic oxidation sites excluding steroid dienone is 3. The highest BCUT2D eigenvalue weighted by Gasteiger charge is 2.23. The number of carbonyl (C=O) groups is 1. The summed E-state index contributed by atoms with van der Waals surface area (Å²) in [7, 11) is 1.51. The Balaban J connectivity index is 2.51. The van der Waals surface area contributed by atoms with E-state index in [9.17, 15) is 4.79 Å². The van der Waals surface area contributed by atoms with Gasteiger partial charge in [-0.15, -0.1) is 0 Å². The van der Waals surface area contributed by atoms with Crippen molar-refractivity contribution in [2.24, 2.45) is 5.92 Å². The summed E-state index contributed by atoms with van der Waals surface area (Å²) in [5, 5.41) is 0. The summed E-state index contributed by atoms with van der Waals surface area (Å²) in [5.41, 5.74) is 1.31. The predicted molar refractivity (Wildman–Crippen MR) is 89.2 cm³/mol. The third-order valence-corrected chi connectivity index (χ3v) is 4.30. The second kappa shape index (κ2) is 11.6. The van der Waals surface area contributed by atoms with Crippen LogP contribution in [0.3, 0.4) is 0 Å². The maximum Gasteiger partial charge on any atom is 0.312 e. The number of unbranched alkanes of at least 4 members (excludes halogenated alkanes) is 3. The maximum atomic E-state index is 12.0. The quantitative estimate of drug-likeness (QED) is 0.348. The zero-order chi connectivity index (χ0) is 15.3. The highest BCUT2D eigenvalue weighted by Crippen LogP contribution is 2.28. The van der Waals surface area contributed by atoms with Gasteiger partial charge in [-0.25, -0.2) is 0 Å². The molecule has 1 saturated carbocycles. The molecule has 0 saturated heterocycles. The zero-order valence-electron chi connectivity index (χ0n) is 13.9. The highest BCUT2D eigenvalue weighted by molar-refractivity contribution is 5.75. The Bertz CT molecular complexity index is 341. The summed E-state index contributed by atoms with van der Waals surface area (Å²) >= 11 is 0. The first-order chi connectivity index (χ1) is 10.3. The van der Waals surface area contributed by atoms with E-state index in [1.807, 2.05) is 0 Å². The van der Waals surface area contributed by atoms with Gasteiger partial charge in [-0.2, -0.15) is 0 Å². The fourth-order valence-electron chi connectivity index (χ4n) is 2.99. The molecule has 0 spiro atoms. The van der Waals surface area contributed by atoms with Gasteiger partial charge in [0.15, 0.2) is 0 Å². The molecule has 0 radical (unpaired) electrons. The Morgan fingerprint density at radius 1 is 1.19 bits per heavy atom. The van der Waals surface area contributed by atoms with E-state index in [4.69, 9.17) is 4.74 Å². The molecule has 1 aliphatic rings. The molecule has 0 aromatic carbocycles. The van der Waals surface area contributed by atoms with Crippen molar-refractivity contribution in [1.29, 1.82) is 0 Å². The van der Waals surface area contributed by atoms with Crippen LogP contribution in [0.15, 0.2) is 23.8 Å². The van der Waals surface area contributed by atoms with Crippen LogP contribution in [0.1, 0.15) is 77.6 Å².